The molecule has 0 spiro atoms. The molecule has 2 rings (SSSR count). The Kier molecular flexibility index (Phi) is 3.76. The fraction of sp³-hybridized carbons (Fsp3) is 0.231. The third-order valence-electron chi connectivity index (χ3n) is 2.98. The van der Waals surface area contributed by atoms with E-state index in [1.165, 1.54) is 6.07 Å². The van der Waals surface area contributed by atoms with Gasteiger partial charge in [0.1, 0.15) is 0 Å². The van der Waals surface area contributed by atoms with Crippen LogP contribution in [-0.4, -0.2) is 23.0 Å². The molecule has 4 N–H and O–H groups in total. The molecule has 0 fully saturated rings. The maximum absolute atomic E-state index is 11.9. The van der Waals surface area contributed by atoms with Gasteiger partial charge in [-0.25, -0.2) is 0 Å². The van der Waals surface area contributed by atoms with Crippen LogP contribution in [0.3, 0.4) is 0 Å². The summed E-state index contributed by atoms with van der Waals surface area (Å²) >= 11 is 5.84. The van der Waals surface area contributed by atoms with Gasteiger partial charge in [-0.05, 0) is 24.6 Å². The molecule has 0 saturated carbocycles. The van der Waals surface area contributed by atoms with Crippen LogP contribution in [0.1, 0.15) is 16.8 Å². The standard InChI is InChI=1S/C13H13ClN2O3/c14-10-6-7(2-4-11(10)15)12(17)16-9-3-1-8(5-9)13(18)19/h1-4,6,8-9H,5,15H2,(H,16,17)(H,18,19). The normalized spacial score (nSPS) is 21.3. The van der Waals surface area contributed by atoms with Crippen molar-refractivity contribution >= 4 is 29.2 Å². The number of amides is 1. The van der Waals surface area contributed by atoms with Crippen molar-refractivity contribution in [2.24, 2.45) is 5.92 Å². The Morgan fingerprint density at radius 1 is 1.37 bits per heavy atom. The maximum Gasteiger partial charge on any atom is 0.310 e. The molecule has 100 valence electrons. The predicted octanol–water partition coefficient (Wildman–Crippen LogP) is 1.68. The van der Waals surface area contributed by atoms with Crippen LogP contribution in [0.15, 0.2) is 30.4 Å². The lowest BCUT2D eigenvalue weighted by Gasteiger charge is -2.12. The molecule has 1 amide bonds. The van der Waals surface area contributed by atoms with Crippen molar-refractivity contribution in [2.45, 2.75) is 12.5 Å². The molecule has 5 nitrogen and oxygen atoms in total. The number of hydrogen-bond acceptors (Lipinski definition) is 3. The van der Waals surface area contributed by atoms with Crippen LogP contribution in [0.5, 0.6) is 0 Å². The highest BCUT2D eigenvalue weighted by molar-refractivity contribution is 6.33. The number of benzene rings is 1. The van der Waals surface area contributed by atoms with Gasteiger partial charge in [0.05, 0.1) is 16.6 Å². The number of halogens is 1. The van der Waals surface area contributed by atoms with Crippen molar-refractivity contribution in [2.75, 3.05) is 5.73 Å². The van der Waals surface area contributed by atoms with Crippen molar-refractivity contribution in [1.29, 1.82) is 0 Å². The minimum absolute atomic E-state index is 0.273. The van der Waals surface area contributed by atoms with Gasteiger partial charge in [0, 0.05) is 11.6 Å². The quantitative estimate of drug-likeness (QED) is 0.580. The Hall–Kier alpha value is -2.01. The number of carbonyl (C=O) groups is 2. The summed E-state index contributed by atoms with van der Waals surface area (Å²) in [5, 5.41) is 11.9. The van der Waals surface area contributed by atoms with Crippen molar-refractivity contribution in [3.63, 3.8) is 0 Å². The minimum Gasteiger partial charge on any atom is -0.481 e. The lowest BCUT2D eigenvalue weighted by molar-refractivity contribution is -0.140. The first-order chi connectivity index (χ1) is 8.97. The van der Waals surface area contributed by atoms with Gasteiger partial charge in [0.25, 0.3) is 5.91 Å². The van der Waals surface area contributed by atoms with Gasteiger partial charge in [0.15, 0.2) is 0 Å². The first kappa shape index (κ1) is 13.4. The zero-order valence-electron chi connectivity index (χ0n) is 9.97. The second kappa shape index (κ2) is 5.32. The van der Waals surface area contributed by atoms with Crippen molar-refractivity contribution < 1.29 is 14.7 Å². The summed E-state index contributed by atoms with van der Waals surface area (Å²) in [4.78, 5) is 22.7. The van der Waals surface area contributed by atoms with Crippen LogP contribution in [0, 0.1) is 5.92 Å². The molecule has 1 aliphatic carbocycles. The summed E-state index contributed by atoms with van der Waals surface area (Å²) in [6.07, 6.45) is 3.64. The molecule has 2 atom stereocenters. The Labute approximate surface area is 115 Å². The summed E-state index contributed by atoms with van der Waals surface area (Å²) in [5.74, 6) is -1.73. The van der Waals surface area contributed by atoms with Crippen LogP contribution < -0.4 is 11.1 Å². The molecule has 0 saturated heterocycles. The number of nitrogens with one attached hydrogen (secondary N) is 1. The Balaban J connectivity index is 2.00. The maximum atomic E-state index is 11.9. The molecule has 0 radical (unpaired) electrons. The van der Waals surface area contributed by atoms with E-state index in [0.717, 1.165) is 0 Å². The fourth-order valence-corrected chi connectivity index (χ4v) is 2.09. The van der Waals surface area contributed by atoms with Gasteiger partial charge < -0.3 is 16.2 Å². The molecule has 2 unspecified atom stereocenters. The van der Waals surface area contributed by atoms with E-state index in [0.29, 0.717) is 22.7 Å². The second-order valence-electron chi connectivity index (χ2n) is 4.38. The number of aliphatic carboxylic acids is 1. The summed E-state index contributed by atoms with van der Waals surface area (Å²) in [5.41, 5.74) is 6.37. The summed E-state index contributed by atoms with van der Waals surface area (Å²) < 4.78 is 0. The number of hydrogen-bond donors (Lipinski definition) is 3. The number of carboxylic acids is 1. The first-order valence-electron chi connectivity index (χ1n) is 5.74. The van der Waals surface area contributed by atoms with Gasteiger partial charge in [0.2, 0.25) is 0 Å². The van der Waals surface area contributed by atoms with Crippen LogP contribution >= 0.6 is 11.6 Å². The van der Waals surface area contributed by atoms with E-state index >= 15 is 0 Å². The third kappa shape index (κ3) is 3.06. The van der Waals surface area contributed by atoms with Gasteiger partial charge in [-0.1, -0.05) is 23.8 Å². The molecule has 6 heteroatoms. The lowest BCUT2D eigenvalue weighted by Crippen LogP contribution is -2.33. The Morgan fingerprint density at radius 2 is 2.11 bits per heavy atom. The molecule has 1 aromatic rings. The summed E-state index contributed by atoms with van der Waals surface area (Å²) in [6, 6.07) is 4.34. The fourth-order valence-electron chi connectivity index (χ4n) is 1.91. The van der Waals surface area contributed by atoms with Crippen LogP contribution in [-0.2, 0) is 4.79 Å². The minimum atomic E-state index is -0.886. The molecule has 19 heavy (non-hydrogen) atoms. The molecular weight excluding hydrogens is 268 g/mol. The van der Waals surface area contributed by atoms with E-state index < -0.39 is 11.9 Å². The van der Waals surface area contributed by atoms with E-state index in [9.17, 15) is 9.59 Å². The van der Waals surface area contributed by atoms with Crippen LogP contribution in [0.4, 0.5) is 5.69 Å². The second-order valence-corrected chi connectivity index (χ2v) is 4.79. The molecule has 0 heterocycles. The van der Waals surface area contributed by atoms with E-state index in [1.54, 1.807) is 24.3 Å². The van der Waals surface area contributed by atoms with E-state index in [4.69, 9.17) is 22.4 Å². The lowest BCUT2D eigenvalue weighted by atomic mass is 10.1. The van der Waals surface area contributed by atoms with Crippen LogP contribution in [0.2, 0.25) is 5.02 Å². The monoisotopic (exact) mass is 280 g/mol. The smallest absolute Gasteiger partial charge is 0.310 e. The third-order valence-corrected chi connectivity index (χ3v) is 3.31. The van der Waals surface area contributed by atoms with Crippen molar-refractivity contribution in [1.82, 2.24) is 5.32 Å². The average molecular weight is 281 g/mol. The molecule has 1 aromatic carbocycles. The SMILES string of the molecule is Nc1ccc(C(=O)NC2C=CC(C(=O)O)C2)cc1Cl. The van der Waals surface area contributed by atoms with E-state index in [2.05, 4.69) is 5.32 Å². The molecule has 0 bridgehead atoms. The molecule has 1 aliphatic rings. The Morgan fingerprint density at radius 3 is 2.68 bits per heavy atom. The van der Waals surface area contributed by atoms with E-state index in [1.807, 2.05) is 0 Å². The zero-order valence-corrected chi connectivity index (χ0v) is 10.7. The number of rotatable bonds is 3. The topological polar surface area (TPSA) is 92.4 Å². The largest absolute Gasteiger partial charge is 0.481 e. The first-order valence-corrected chi connectivity index (χ1v) is 6.12. The number of nitrogen functional groups attached to an aromatic ring is 1. The predicted molar refractivity (Wildman–Crippen MR) is 72.0 cm³/mol. The zero-order chi connectivity index (χ0) is 14.0. The highest BCUT2D eigenvalue weighted by atomic mass is 35.5. The highest BCUT2D eigenvalue weighted by Crippen LogP contribution is 2.21. The number of anilines is 1. The Bertz CT molecular complexity index is 557. The summed E-state index contributed by atoms with van der Waals surface area (Å²) in [7, 11) is 0. The average Bonchev–Trinajstić information content (AvgIpc) is 2.81. The highest BCUT2D eigenvalue weighted by Gasteiger charge is 2.25. The summed E-state index contributed by atoms with van der Waals surface area (Å²) in [6.45, 7) is 0. The number of nitrogens with two attached hydrogens (primary N) is 1. The van der Waals surface area contributed by atoms with Gasteiger partial charge in [-0.15, -0.1) is 0 Å². The molecule has 0 aromatic heterocycles. The molecular formula is C13H13ClN2O3. The van der Waals surface area contributed by atoms with Gasteiger partial charge >= 0.3 is 5.97 Å². The number of carboxylic acid groups (broad SMARTS) is 1. The van der Waals surface area contributed by atoms with E-state index in [-0.39, 0.29) is 11.9 Å². The number of carbonyl (C=O) groups excluding carboxylic acids is 1. The van der Waals surface area contributed by atoms with Crippen LogP contribution in [0.25, 0.3) is 0 Å². The van der Waals surface area contributed by atoms with Crippen molar-refractivity contribution in [3.8, 4) is 0 Å². The van der Waals surface area contributed by atoms with Gasteiger partial charge in [-0.3, -0.25) is 9.59 Å². The van der Waals surface area contributed by atoms with Gasteiger partial charge in [-0.2, -0.15) is 0 Å². The van der Waals surface area contributed by atoms with Crippen molar-refractivity contribution in [3.05, 3.63) is 40.9 Å². The molecule has 0 aliphatic heterocycles.